The molecule has 0 aliphatic heterocycles. The van der Waals surface area contributed by atoms with Crippen molar-refractivity contribution in [2.75, 3.05) is 4.31 Å². The van der Waals surface area contributed by atoms with E-state index in [9.17, 15) is 12.8 Å². The highest BCUT2D eigenvalue weighted by molar-refractivity contribution is 7.92. The van der Waals surface area contributed by atoms with Crippen molar-refractivity contribution in [2.45, 2.75) is 11.4 Å². The highest BCUT2D eigenvalue weighted by Gasteiger charge is 2.28. The van der Waals surface area contributed by atoms with Crippen LogP contribution in [0, 0.1) is 17.1 Å². The highest BCUT2D eigenvalue weighted by Crippen LogP contribution is 2.29. The minimum absolute atomic E-state index is 0.0374. The number of benzene rings is 2. The van der Waals surface area contributed by atoms with Gasteiger partial charge in [0.05, 0.1) is 35.0 Å². The number of aromatic nitrogens is 2. The number of nitrogens with zero attached hydrogens (tertiary/aromatic N) is 3. The summed E-state index contributed by atoms with van der Waals surface area (Å²) in [5, 5.41) is 15.4. The molecule has 0 saturated carbocycles. The minimum Gasteiger partial charge on any atom is -0.284 e. The van der Waals surface area contributed by atoms with Gasteiger partial charge in [0.15, 0.2) is 0 Å². The Labute approximate surface area is 154 Å². The molecule has 0 radical (unpaired) electrons. The Kier molecular flexibility index (Phi) is 4.93. The summed E-state index contributed by atoms with van der Waals surface area (Å²) >= 11 is 6.05. The fraction of sp³-hybridized carbons (Fsp3) is 0.0588. The van der Waals surface area contributed by atoms with E-state index in [4.69, 9.17) is 16.9 Å². The van der Waals surface area contributed by atoms with Crippen LogP contribution < -0.4 is 4.31 Å². The van der Waals surface area contributed by atoms with Crippen molar-refractivity contribution in [3.8, 4) is 6.07 Å². The number of anilines is 1. The van der Waals surface area contributed by atoms with Gasteiger partial charge in [-0.25, -0.2) is 12.8 Å². The summed E-state index contributed by atoms with van der Waals surface area (Å²) in [4.78, 5) is -0.0924. The first kappa shape index (κ1) is 17.9. The van der Waals surface area contributed by atoms with Crippen LogP contribution in [0.15, 0.2) is 59.8 Å². The quantitative estimate of drug-likeness (QED) is 0.722. The molecule has 0 saturated heterocycles. The molecule has 3 rings (SSSR count). The van der Waals surface area contributed by atoms with Gasteiger partial charge in [-0.15, -0.1) is 0 Å². The van der Waals surface area contributed by atoms with E-state index in [1.807, 2.05) is 6.07 Å². The smallest absolute Gasteiger partial charge is 0.264 e. The van der Waals surface area contributed by atoms with Gasteiger partial charge in [0.1, 0.15) is 5.82 Å². The lowest BCUT2D eigenvalue weighted by Crippen LogP contribution is -2.31. The lowest BCUT2D eigenvalue weighted by molar-refractivity contribution is 0.585. The Morgan fingerprint density at radius 3 is 2.69 bits per heavy atom. The van der Waals surface area contributed by atoms with Crippen LogP contribution >= 0.6 is 11.6 Å². The lowest BCUT2D eigenvalue weighted by Gasteiger charge is -2.23. The van der Waals surface area contributed by atoms with Gasteiger partial charge in [-0.05, 0) is 30.3 Å². The zero-order valence-electron chi connectivity index (χ0n) is 13.2. The molecule has 0 amide bonds. The summed E-state index contributed by atoms with van der Waals surface area (Å²) in [7, 11) is -4.09. The molecule has 1 N–H and O–H groups in total. The van der Waals surface area contributed by atoms with E-state index in [0.717, 1.165) is 4.31 Å². The van der Waals surface area contributed by atoms with Gasteiger partial charge in [-0.3, -0.25) is 9.40 Å². The van der Waals surface area contributed by atoms with Crippen LogP contribution in [0.5, 0.6) is 0 Å². The maximum Gasteiger partial charge on any atom is 0.264 e. The van der Waals surface area contributed by atoms with Crippen molar-refractivity contribution in [3.63, 3.8) is 0 Å². The average molecular weight is 391 g/mol. The third kappa shape index (κ3) is 3.40. The molecule has 26 heavy (non-hydrogen) atoms. The molecule has 0 fully saturated rings. The van der Waals surface area contributed by atoms with Gasteiger partial charge in [0.25, 0.3) is 10.0 Å². The van der Waals surface area contributed by atoms with Gasteiger partial charge in [-0.1, -0.05) is 23.7 Å². The molecule has 1 aromatic heterocycles. The SMILES string of the molecule is N#Cc1cccc(S(=O)(=O)N(Cc2c(F)cccc2Cl)c2cn[nH]c2)c1. The lowest BCUT2D eigenvalue weighted by atomic mass is 10.2. The summed E-state index contributed by atoms with van der Waals surface area (Å²) in [6, 6.07) is 11.6. The van der Waals surface area contributed by atoms with Crippen molar-refractivity contribution in [1.82, 2.24) is 10.2 Å². The van der Waals surface area contributed by atoms with Crippen LogP contribution in [0.25, 0.3) is 0 Å². The largest absolute Gasteiger partial charge is 0.284 e. The predicted octanol–water partition coefficient (Wildman–Crippen LogP) is 3.47. The number of nitrogens with one attached hydrogen (secondary N) is 1. The first-order valence-corrected chi connectivity index (χ1v) is 9.20. The molecular formula is C17H12ClFN4O2S. The molecule has 0 aliphatic rings. The van der Waals surface area contributed by atoms with Gasteiger partial charge < -0.3 is 0 Å². The van der Waals surface area contributed by atoms with Gasteiger partial charge in [-0.2, -0.15) is 10.4 Å². The second kappa shape index (κ2) is 7.15. The predicted molar refractivity (Wildman–Crippen MR) is 94.5 cm³/mol. The number of aromatic amines is 1. The number of nitriles is 1. The van der Waals surface area contributed by atoms with E-state index in [1.165, 1.54) is 54.9 Å². The van der Waals surface area contributed by atoms with E-state index in [0.29, 0.717) is 0 Å². The van der Waals surface area contributed by atoms with Crippen molar-refractivity contribution in [3.05, 3.63) is 76.8 Å². The topological polar surface area (TPSA) is 89.8 Å². The highest BCUT2D eigenvalue weighted by atomic mass is 35.5. The Hall–Kier alpha value is -2.89. The Balaban J connectivity index is 2.11. The van der Waals surface area contributed by atoms with E-state index in [-0.39, 0.29) is 33.3 Å². The normalized spacial score (nSPS) is 11.1. The molecule has 0 bridgehead atoms. The summed E-state index contributed by atoms with van der Waals surface area (Å²) in [5.41, 5.74) is 0.448. The number of sulfonamides is 1. The maximum atomic E-state index is 14.2. The number of hydrogen-bond donors (Lipinski definition) is 1. The molecule has 1 heterocycles. The third-order valence-electron chi connectivity index (χ3n) is 3.69. The number of halogens is 2. The first-order valence-electron chi connectivity index (χ1n) is 7.38. The number of H-pyrrole nitrogens is 1. The summed E-state index contributed by atoms with van der Waals surface area (Å²) < 4.78 is 41.4. The molecule has 0 unspecified atom stereocenters. The second-order valence-corrected chi connectivity index (χ2v) is 7.58. The van der Waals surface area contributed by atoms with Gasteiger partial charge in [0, 0.05) is 16.8 Å². The van der Waals surface area contributed by atoms with Crippen LogP contribution in [0.4, 0.5) is 10.1 Å². The van der Waals surface area contributed by atoms with Crippen molar-refractivity contribution >= 4 is 27.3 Å². The van der Waals surface area contributed by atoms with E-state index >= 15 is 0 Å². The molecule has 0 atom stereocenters. The average Bonchev–Trinajstić information content (AvgIpc) is 3.15. The Bertz CT molecular complexity index is 1060. The van der Waals surface area contributed by atoms with E-state index < -0.39 is 15.8 Å². The standard InChI is InChI=1S/C17H12ClFN4O2S/c18-16-5-2-6-17(19)15(16)11-23(13-9-21-22-10-13)26(24,25)14-4-1-3-12(7-14)8-20/h1-7,9-10H,11H2,(H,21,22). The van der Waals surface area contributed by atoms with Crippen LogP contribution in [-0.2, 0) is 16.6 Å². The van der Waals surface area contributed by atoms with Crippen LogP contribution in [0.3, 0.4) is 0 Å². The molecular weight excluding hydrogens is 379 g/mol. The van der Waals surface area contributed by atoms with Crippen molar-refractivity contribution in [1.29, 1.82) is 5.26 Å². The Morgan fingerprint density at radius 2 is 2.04 bits per heavy atom. The zero-order chi connectivity index (χ0) is 18.7. The summed E-state index contributed by atoms with van der Waals surface area (Å²) in [6.45, 7) is -0.329. The van der Waals surface area contributed by atoms with Crippen molar-refractivity contribution < 1.29 is 12.8 Å². The fourth-order valence-electron chi connectivity index (χ4n) is 2.38. The summed E-state index contributed by atoms with van der Waals surface area (Å²) in [5.74, 6) is -0.619. The minimum atomic E-state index is -4.09. The Morgan fingerprint density at radius 1 is 1.27 bits per heavy atom. The molecule has 2 aromatic carbocycles. The van der Waals surface area contributed by atoms with Crippen molar-refractivity contribution in [2.24, 2.45) is 0 Å². The summed E-state index contributed by atoms with van der Waals surface area (Å²) in [6.07, 6.45) is 2.68. The van der Waals surface area contributed by atoms with Gasteiger partial charge in [0.2, 0.25) is 0 Å². The molecule has 0 spiro atoms. The molecule has 132 valence electrons. The second-order valence-electron chi connectivity index (χ2n) is 5.31. The van der Waals surface area contributed by atoms with Crippen LogP contribution in [0.1, 0.15) is 11.1 Å². The number of hydrogen-bond acceptors (Lipinski definition) is 4. The molecule has 9 heteroatoms. The molecule has 6 nitrogen and oxygen atoms in total. The van der Waals surface area contributed by atoms with Crippen LogP contribution in [0.2, 0.25) is 5.02 Å². The third-order valence-corrected chi connectivity index (χ3v) is 5.81. The van der Waals surface area contributed by atoms with Crippen LogP contribution in [-0.4, -0.2) is 18.6 Å². The molecule has 3 aromatic rings. The molecule has 0 aliphatic carbocycles. The van der Waals surface area contributed by atoms with E-state index in [2.05, 4.69) is 10.2 Å². The van der Waals surface area contributed by atoms with E-state index in [1.54, 1.807) is 0 Å². The zero-order valence-corrected chi connectivity index (χ0v) is 14.8. The number of rotatable bonds is 5. The fourth-order valence-corrected chi connectivity index (χ4v) is 4.06. The van der Waals surface area contributed by atoms with Gasteiger partial charge >= 0.3 is 0 Å². The monoisotopic (exact) mass is 390 g/mol. The first-order chi connectivity index (χ1) is 12.4. The maximum absolute atomic E-state index is 14.2.